The first-order chi connectivity index (χ1) is 9.93. The molecule has 21 heavy (non-hydrogen) atoms. The maximum absolute atomic E-state index is 11.8. The van der Waals surface area contributed by atoms with Gasteiger partial charge >= 0.3 is 5.97 Å². The van der Waals surface area contributed by atoms with Gasteiger partial charge in [-0.05, 0) is 25.1 Å². The molecule has 0 saturated carbocycles. The van der Waals surface area contributed by atoms with Crippen LogP contribution in [-0.2, 0) is 14.3 Å². The maximum atomic E-state index is 11.8. The van der Waals surface area contributed by atoms with Gasteiger partial charge in [0.2, 0.25) is 5.91 Å². The van der Waals surface area contributed by atoms with Crippen molar-refractivity contribution in [1.29, 1.82) is 0 Å². The van der Waals surface area contributed by atoms with Crippen LogP contribution in [0, 0.1) is 0 Å². The van der Waals surface area contributed by atoms with Gasteiger partial charge in [0.25, 0.3) is 0 Å². The van der Waals surface area contributed by atoms with Crippen LogP contribution in [0.5, 0.6) is 0 Å². The highest BCUT2D eigenvalue weighted by Gasteiger charge is 2.15. The minimum absolute atomic E-state index is 0.180. The van der Waals surface area contributed by atoms with Crippen molar-refractivity contribution in [3.8, 4) is 0 Å². The van der Waals surface area contributed by atoms with Crippen LogP contribution in [0.15, 0.2) is 22.7 Å². The second-order valence-corrected chi connectivity index (χ2v) is 6.40. The van der Waals surface area contributed by atoms with Crippen molar-refractivity contribution >= 4 is 56.9 Å². The van der Waals surface area contributed by atoms with Gasteiger partial charge in [-0.3, -0.25) is 9.59 Å². The van der Waals surface area contributed by atoms with Gasteiger partial charge in [-0.1, -0.05) is 27.5 Å². The number of anilines is 1. The van der Waals surface area contributed by atoms with E-state index in [4.69, 9.17) is 22.1 Å². The van der Waals surface area contributed by atoms with Crippen LogP contribution in [0.4, 0.5) is 5.69 Å². The summed E-state index contributed by atoms with van der Waals surface area (Å²) in [6.07, 6.45) is 0. The molecule has 1 aromatic rings. The fourth-order valence-electron chi connectivity index (χ4n) is 1.37. The van der Waals surface area contributed by atoms with Crippen LogP contribution in [0.2, 0.25) is 5.02 Å². The molecule has 0 bridgehead atoms. The molecule has 3 N–H and O–H groups in total. The number of hydrogen-bond acceptors (Lipinski definition) is 5. The summed E-state index contributed by atoms with van der Waals surface area (Å²) in [6, 6.07) is 4.46. The van der Waals surface area contributed by atoms with Crippen molar-refractivity contribution < 1.29 is 14.3 Å². The van der Waals surface area contributed by atoms with E-state index >= 15 is 0 Å². The van der Waals surface area contributed by atoms with E-state index in [9.17, 15) is 9.59 Å². The number of amides is 1. The third kappa shape index (κ3) is 6.69. The molecule has 0 radical (unpaired) electrons. The smallest absolute Gasteiger partial charge is 0.323 e. The largest absolute Gasteiger partial charge is 0.465 e. The summed E-state index contributed by atoms with van der Waals surface area (Å²) in [5.74, 6) is -0.165. The van der Waals surface area contributed by atoms with E-state index in [1.165, 1.54) is 11.8 Å². The molecule has 1 amide bonds. The summed E-state index contributed by atoms with van der Waals surface area (Å²) >= 11 is 10.6. The number of thioether (sulfide) groups is 1. The average Bonchev–Trinajstić information content (AvgIpc) is 2.42. The Kier molecular flexibility index (Phi) is 8.10. The molecule has 1 atom stereocenters. The highest BCUT2D eigenvalue weighted by atomic mass is 79.9. The van der Waals surface area contributed by atoms with Gasteiger partial charge in [0, 0.05) is 10.2 Å². The van der Waals surface area contributed by atoms with Gasteiger partial charge in [0.05, 0.1) is 23.1 Å². The Labute approximate surface area is 141 Å². The van der Waals surface area contributed by atoms with Crippen molar-refractivity contribution in [3.05, 3.63) is 27.7 Å². The monoisotopic (exact) mass is 394 g/mol. The summed E-state index contributed by atoms with van der Waals surface area (Å²) in [5, 5.41) is 3.15. The lowest BCUT2D eigenvalue weighted by atomic mass is 10.3. The molecule has 1 rings (SSSR count). The molecule has 1 aromatic carbocycles. The van der Waals surface area contributed by atoms with Crippen molar-refractivity contribution in [2.75, 3.05) is 23.4 Å². The number of nitrogens with two attached hydrogens (primary N) is 1. The average molecular weight is 396 g/mol. The van der Waals surface area contributed by atoms with E-state index in [2.05, 4.69) is 21.2 Å². The highest BCUT2D eigenvalue weighted by Crippen LogP contribution is 2.25. The number of esters is 1. The summed E-state index contributed by atoms with van der Waals surface area (Å²) in [7, 11) is 0. The van der Waals surface area contributed by atoms with E-state index < -0.39 is 12.0 Å². The lowest BCUT2D eigenvalue weighted by Gasteiger charge is -2.10. The molecule has 5 nitrogen and oxygen atoms in total. The number of carbonyl (C=O) groups excluding carboxylic acids is 2. The Balaban J connectivity index is 2.36. The Morgan fingerprint density at radius 1 is 1.52 bits per heavy atom. The number of hydrogen-bond donors (Lipinski definition) is 2. The zero-order valence-corrected chi connectivity index (χ0v) is 14.6. The van der Waals surface area contributed by atoms with Crippen LogP contribution in [0.3, 0.4) is 0 Å². The Bertz CT molecular complexity index is 516. The molecule has 0 aliphatic heterocycles. The van der Waals surface area contributed by atoms with Crippen molar-refractivity contribution in [2.45, 2.75) is 13.0 Å². The highest BCUT2D eigenvalue weighted by molar-refractivity contribution is 9.10. The molecule has 116 valence electrons. The molecule has 1 unspecified atom stereocenters. The molecule has 0 fully saturated rings. The van der Waals surface area contributed by atoms with Gasteiger partial charge in [0.1, 0.15) is 6.04 Å². The first-order valence-corrected chi connectivity index (χ1v) is 8.51. The standard InChI is InChI=1S/C13H16BrClN2O3S/c1-2-20-13(19)10(16)6-21-7-12(18)17-11-4-3-8(14)5-9(11)15/h3-5,10H,2,6-7,16H2,1H3,(H,17,18). The van der Waals surface area contributed by atoms with Crippen molar-refractivity contribution in [3.63, 3.8) is 0 Å². The molecule has 0 heterocycles. The van der Waals surface area contributed by atoms with Crippen LogP contribution >= 0.6 is 39.3 Å². The Morgan fingerprint density at radius 3 is 2.86 bits per heavy atom. The van der Waals surface area contributed by atoms with E-state index in [-0.39, 0.29) is 11.7 Å². The molecular formula is C13H16BrClN2O3S. The zero-order valence-electron chi connectivity index (χ0n) is 11.4. The fraction of sp³-hybridized carbons (Fsp3) is 0.385. The van der Waals surface area contributed by atoms with Crippen molar-refractivity contribution in [1.82, 2.24) is 0 Å². The third-order valence-corrected chi connectivity index (χ3v) is 4.19. The minimum atomic E-state index is -0.723. The van der Waals surface area contributed by atoms with Crippen molar-refractivity contribution in [2.24, 2.45) is 5.73 Å². The van der Waals surface area contributed by atoms with Gasteiger partial charge in [0.15, 0.2) is 0 Å². The number of ether oxygens (including phenoxy) is 1. The number of nitrogens with one attached hydrogen (secondary N) is 1. The van der Waals surface area contributed by atoms with Crippen LogP contribution in [0.1, 0.15) is 6.92 Å². The van der Waals surface area contributed by atoms with Gasteiger partial charge in [-0.25, -0.2) is 0 Å². The zero-order chi connectivity index (χ0) is 15.8. The number of carbonyl (C=O) groups is 2. The van der Waals surface area contributed by atoms with Crippen LogP contribution in [0.25, 0.3) is 0 Å². The predicted octanol–water partition coefficient (Wildman–Crippen LogP) is 2.66. The summed E-state index contributed by atoms with van der Waals surface area (Å²) in [4.78, 5) is 23.1. The third-order valence-electron chi connectivity index (χ3n) is 2.33. The van der Waals surface area contributed by atoms with Gasteiger partial charge in [-0.2, -0.15) is 0 Å². The topological polar surface area (TPSA) is 81.4 Å². The second-order valence-electron chi connectivity index (χ2n) is 4.05. The lowest BCUT2D eigenvalue weighted by Crippen LogP contribution is -2.35. The first kappa shape index (κ1) is 18.3. The molecule has 8 heteroatoms. The summed E-state index contributed by atoms with van der Waals surface area (Å²) < 4.78 is 5.62. The molecule has 0 saturated heterocycles. The van der Waals surface area contributed by atoms with E-state index in [1.807, 2.05) is 0 Å². The molecule has 0 aliphatic rings. The Hall–Kier alpha value is -0.760. The predicted molar refractivity (Wildman–Crippen MR) is 89.7 cm³/mol. The summed E-state index contributed by atoms with van der Waals surface area (Å²) in [5.41, 5.74) is 6.17. The maximum Gasteiger partial charge on any atom is 0.323 e. The normalized spacial score (nSPS) is 11.8. The Morgan fingerprint density at radius 2 is 2.24 bits per heavy atom. The SMILES string of the molecule is CCOC(=O)C(N)CSCC(=O)Nc1ccc(Br)cc1Cl. The first-order valence-electron chi connectivity index (χ1n) is 6.19. The van der Waals surface area contributed by atoms with E-state index in [0.717, 1.165) is 4.47 Å². The second kappa shape index (κ2) is 9.30. The van der Waals surface area contributed by atoms with Crippen LogP contribution in [-0.4, -0.2) is 36.0 Å². The van der Waals surface area contributed by atoms with Crippen LogP contribution < -0.4 is 11.1 Å². The molecular weight excluding hydrogens is 380 g/mol. The molecule has 0 spiro atoms. The fourth-order valence-corrected chi connectivity index (χ4v) is 2.86. The van der Waals surface area contributed by atoms with E-state index in [0.29, 0.717) is 23.1 Å². The number of rotatable bonds is 7. The van der Waals surface area contributed by atoms with E-state index in [1.54, 1.807) is 25.1 Å². The summed E-state index contributed by atoms with van der Waals surface area (Å²) in [6.45, 7) is 2.01. The lowest BCUT2D eigenvalue weighted by molar-refractivity contribution is -0.144. The minimum Gasteiger partial charge on any atom is -0.465 e. The van der Waals surface area contributed by atoms with Gasteiger partial charge < -0.3 is 15.8 Å². The molecule has 0 aromatic heterocycles. The number of benzene rings is 1. The number of halogens is 2. The quantitative estimate of drug-likeness (QED) is 0.694. The molecule has 0 aliphatic carbocycles. The van der Waals surface area contributed by atoms with Gasteiger partial charge in [-0.15, -0.1) is 11.8 Å².